The first-order valence-corrected chi connectivity index (χ1v) is 6.12. The number of rotatable bonds is 4. The molecule has 19 heavy (non-hydrogen) atoms. The molecular formula is C14H20N2O3. The van der Waals surface area contributed by atoms with Gasteiger partial charge in [-0.25, -0.2) is 4.79 Å². The number of hydrogen-bond donors (Lipinski definition) is 2. The summed E-state index contributed by atoms with van der Waals surface area (Å²) < 4.78 is 4.69. The monoisotopic (exact) mass is 264 g/mol. The summed E-state index contributed by atoms with van der Waals surface area (Å²) in [5, 5.41) is 2.67. The summed E-state index contributed by atoms with van der Waals surface area (Å²) in [4.78, 5) is 23.8. The highest BCUT2D eigenvalue weighted by Gasteiger charge is 2.26. The Bertz CT molecular complexity index is 463. The molecule has 1 aromatic rings. The van der Waals surface area contributed by atoms with E-state index < -0.39 is 12.0 Å². The number of nitrogens with two attached hydrogens (primary N) is 1. The van der Waals surface area contributed by atoms with E-state index in [0.29, 0.717) is 11.3 Å². The lowest BCUT2D eigenvalue weighted by Gasteiger charge is -2.20. The summed E-state index contributed by atoms with van der Waals surface area (Å²) in [6.45, 7) is 5.47. The number of hydrogen-bond acceptors (Lipinski definition) is 4. The van der Waals surface area contributed by atoms with E-state index in [9.17, 15) is 9.59 Å². The predicted octanol–water partition coefficient (Wildman–Crippen LogP) is 1.50. The standard InChI is InChI=1S/C14H20N2O3/c1-8(2)12(14(18)19-4)16-13(17)11-9(3)6-5-7-10(11)15/h5-8,12H,15H2,1-4H3,(H,16,17). The number of carbonyl (C=O) groups excluding carboxylic acids is 2. The van der Waals surface area contributed by atoms with Crippen molar-refractivity contribution in [3.05, 3.63) is 29.3 Å². The molecular weight excluding hydrogens is 244 g/mol. The van der Waals surface area contributed by atoms with Crippen LogP contribution in [0.2, 0.25) is 0 Å². The summed E-state index contributed by atoms with van der Waals surface area (Å²) in [5.74, 6) is -0.892. The summed E-state index contributed by atoms with van der Waals surface area (Å²) in [6, 6.07) is 4.55. The Labute approximate surface area is 113 Å². The van der Waals surface area contributed by atoms with Crippen molar-refractivity contribution >= 4 is 17.6 Å². The fourth-order valence-corrected chi connectivity index (χ4v) is 1.84. The average Bonchev–Trinajstić information content (AvgIpc) is 2.34. The molecule has 5 heteroatoms. The Hall–Kier alpha value is -2.04. The van der Waals surface area contributed by atoms with Crippen LogP contribution in [0.5, 0.6) is 0 Å². The molecule has 0 aliphatic rings. The van der Waals surface area contributed by atoms with Crippen molar-refractivity contribution in [2.75, 3.05) is 12.8 Å². The SMILES string of the molecule is COC(=O)C(NC(=O)c1c(C)cccc1N)C(C)C. The molecule has 1 atom stereocenters. The van der Waals surface area contributed by atoms with E-state index in [2.05, 4.69) is 10.1 Å². The van der Waals surface area contributed by atoms with Gasteiger partial charge in [-0.2, -0.15) is 0 Å². The van der Waals surface area contributed by atoms with Crippen LogP contribution in [0.3, 0.4) is 0 Å². The Kier molecular flexibility index (Phi) is 4.92. The summed E-state index contributed by atoms with van der Waals surface area (Å²) in [5.41, 5.74) is 7.37. The molecule has 0 saturated carbocycles. The summed E-state index contributed by atoms with van der Waals surface area (Å²) in [6.07, 6.45) is 0. The van der Waals surface area contributed by atoms with Crippen LogP contribution in [0.4, 0.5) is 5.69 Å². The van der Waals surface area contributed by atoms with Gasteiger partial charge in [0.2, 0.25) is 0 Å². The predicted molar refractivity (Wildman–Crippen MR) is 73.7 cm³/mol. The zero-order chi connectivity index (χ0) is 14.6. The number of methoxy groups -OCH3 is 1. The largest absolute Gasteiger partial charge is 0.467 e. The van der Waals surface area contributed by atoms with Crippen LogP contribution >= 0.6 is 0 Å². The van der Waals surface area contributed by atoms with Crippen LogP contribution in [-0.4, -0.2) is 25.0 Å². The Morgan fingerprint density at radius 2 is 1.95 bits per heavy atom. The van der Waals surface area contributed by atoms with E-state index in [1.807, 2.05) is 13.8 Å². The Balaban J connectivity index is 2.98. The topological polar surface area (TPSA) is 81.4 Å². The maximum atomic E-state index is 12.2. The highest BCUT2D eigenvalue weighted by molar-refractivity contribution is 6.02. The number of aryl methyl sites for hydroxylation is 1. The lowest BCUT2D eigenvalue weighted by Crippen LogP contribution is -2.45. The van der Waals surface area contributed by atoms with Gasteiger partial charge in [-0.15, -0.1) is 0 Å². The minimum absolute atomic E-state index is 0.0679. The molecule has 0 fully saturated rings. The molecule has 0 radical (unpaired) electrons. The van der Waals surface area contributed by atoms with Gasteiger partial charge in [0.05, 0.1) is 12.7 Å². The van der Waals surface area contributed by atoms with Crippen molar-refractivity contribution in [2.24, 2.45) is 5.92 Å². The number of nitrogen functional groups attached to an aromatic ring is 1. The summed E-state index contributed by atoms with van der Waals surface area (Å²) in [7, 11) is 1.30. The van der Waals surface area contributed by atoms with Gasteiger partial charge in [0.1, 0.15) is 6.04 Å². The van der Waals surface area contributed by atoms with Crippen LogP contribution in [0, 0.1) is 12.8 Å². The maximum absolute atomic E-state index is 12.2. The van der Waals surface area contributed by atoms with Crippen molar-refractivity contribution < 1.29 is 14.3 Å². The van der Waals surface area contributed by atoms with Gasteiger partial charge in [-0.3, -0.25) is 4.79 Å². The van der Waals surface area contributed by atoms with E-state index in [0.717, 1.165) is 5.56 Å². The highest BCUT2D eigenvalue weighted by atomic mass is 16.5. The van der Waals surface area contributed by atoms with Crippen molar-refractivity contribution in [2.45, 2.75) is 26.8 Å². The normalized spacial score (nSPS) is 12.1. The lowest BCUT2D eigenvalue weighted by molar-refractivity contribution is -0.144. The van der Waals surface area contributed by atoms with Crippen LogP contribution in [0.15, 0.2) is 18.2 Å². The number of ether oxygens (including phenoxy) is 1. The van der Waals surface area contributed by atoms with E-state index in [1.165, 1.54) is 7.11 Å². The van der Waals surface area contributed by atoms with Crippen molar-refractivity contribution in [1.82, 2.24) is 5.32 Å². The summed E-state index contributed by atoms with van der Waals surface area (Å²) >= 11 is 0. The fourth-order valence-electron chi connectivity index (χ4n) is 1.84. The van der Waals surface area contributed by atoms with Crippen molar-refractivity contribution in [3.63, 3.8) is 0 Å². The highest BCUT2D eigenvalue weighted by Crippen LogP contribution is 2.17. The van der Waals surface area contributed by atoms with E-state index in [4.69, 9.17) is 5.73 Å². The third kappa shape index (κ3) is 3.47. The van der Waals surface area contributed by atoms with Crippen LogP contribution in [0.25, 0.3) is 0 Å². The van der Waals surface area contributed by atoms with Gasteiger partial charge in [-0.1, -0.05) is 26.0 Å². The zero-order valence-electron chi connectivity index (χ0n) is 11.7. The van der Waals surface area contributed by atoms with Gasteiger partial charge in [-0.05, 0) is 24.5 Å². The Morgan fingerprint density at radius 3 is 2.42 bits per heavy atom. The number of anilines is 1. The van der Waals surface area contributed by atoms with Gasteiger partial charge in [0, 0.05) is 5.69 Å². The number of esters is 1. The second kappa shape index (κ2) is 6.22. The molecule has 0 aromatic heterocycles. The zero-order valence-corrected chi connectivity index (χ0v) is 11.7. The second-order valence-corrected chi connectivity index (χ2v) is 4.76. The van der Waals surface area contributed by atoms with E-state index >= 15 is 0 Å². The quantitative estimate of drug-likeness (QED) is 0.638. The first-order chi connectivity index (χ1) is 8.88. The maximum Gasteiger partial charge on any atom is 0.328 e. The molecule has 1 rings (SSSR count). The molecule has 0 bridgehead atoms. The van der Waals surface area contributed by atoms with Gasteiger partial charge >= 0.3 is 5.97 Å². The molecule has 0 spiro atoms. The fraction of sp³-hybridized carbons (Fsp3) is 0.429. The van der Waals surface area contributed by atoms with Crippen LogP contribution in [-0.2, 0) is 9.53 Å². The average molecular weight is 264 g/mol. The van der Waals surface area contributed by atoms with Crippen LogP contribution in [0.1, 0.15) is 29.8 Å². The minimum Gasteiger partial charge on any atom is -0.467 e. The van der Waals surface area contributed by atoms with Crippen LogP contribution < -0.4 is 11.1 Å². The molecule has 3 N–H and O–H groups in total. The first-order valence-electron chi connectivity index (χ1n) is 6.12. The number of benzene rings is 1. The number of nitrogens with one attached hydrogen (secondary N) is 1. The van der Waals surface area contributed by atoms with Gasteiger partial charge in [0.15, 0.2) is 0 Å². The smallest absolute Gasteiger partial charge is 0.328 e. The third-order valence-corrected chi connectivity index (χ3v) is 2.94. The van der Waals surface area contributed by atoms with E-state index in [-0.39, 0.29) is 11.8 Å². The molecule has 0 aliphatic heterocycles. The van der Waals surface area contributed by atoms with E-state index in [1.54, 1.807) is 25.1 Å². The molecule has 0 saturated heterocycles. The van der Waals surface area contributed by atoms with Gasteiger partial charge < -0.3 is 15.8 Å². The molecule has 0 heterocycles. The Morgan fingerprint density at radius 1 is 1.32 bits per heavy atom. The molecule has 1 aromatic carbocycles. The molecule has 1 amide bonds. The minimum atomic E-state index is -0.684. The first kappa shape index (κ1) is 15.0. The van der Waals surface area contributed by atoms with Crippen molar-refractivity contribution in [3.8, 4) is 0 Å². The number of carbonyl (C=O) groups is 2. The molecule has 0 aliphatic carbocycles. The van der Waals surface area contributed by atoms with Crippen molar-refractivity contribution in [1.29, 1.82) is 0 Å². The third-order valence-electron chi connectivity index (χ3n) is 2.94. The molecule has 1 unspecified atom stereocenters. The number of amides is 1. The molecule has 104 valence electrons. The molecule has 5 nitrogen and oxygen atoms in total. The lowest BCUT2D eigenvalue weighted by atomic mass is 10.0. The second-order valence-electron chi connectivity index (χ2n) is 4.76. The van der Waals surface area contributed by atoms with Gasteiger partial charge in [0.25, 0.3) is 5.91 Å².